The van der Waals surface area contributed by atoms with Gasteiger partial charge >= 0.3 is 0 Å². The van der Waals surface area contributed by atoms with Gasteiger partial charge in [0.05, 0.1) is 11.3 Å². The van der Waals surface area contributed by atoms with E-state index in [1.165, 1.54) is 24.3 Å². The summed E-state index contributed by atoms with van der Waals surface area (Å²) in [5.41, 5.74) is 10.5. The predicted octanol–water partition coefficient (Wildman–Crippen LogP) is 2.44. The number of nitrogen functional groups attached to an aromatic ring is 1. The summed E-state index contributed by atoms with van der Waals surface area (Å²) in [6.07, 6.45) is 0. The first-order valence-electron chi connectivity index (χ1n) is 5.29. The highest BCUT2D eigenvalue weighted by Gasteiger charge is 2.10. The maximum Gasteiger partial charge on any atom is 0.251 e. The molecule has 1 amide bonds. The molecular weight excluding hydrogens is 254 g/mol. The van der Waals surface area contributed by atoms with E-state index in [0.29, 0.717) is 0 Å². The lowest BCUT2D eigenvalue weighted by Crippen LogP contribution is -2.12. The zero-order chi connectivity index (χ0) is 14.0. The molecule has 0 bridgehead atoms. The molecule has 0 heterocycles. The van der Waals surface area contributed by atoms with Gasteiger partial charge in [-0.2, -0.15) is 0 Å². The number of primary amides is 1. The molecule has 0 atom stereocenters. The Labute approximate surface area is 107 Å². The first-order valence-corrected chi connectivity index (χ1v) is 5.29. The number of benzene rings is 2. The molecule has 0 saturated carbocycles. The maximum atomic E-state index is 13.5. The van der Waals surface area contributed by atoms with Crippen molar-refractivity contribution in [1.82, 2.24) is 0 Å². The second kappa shape index (κ2) is 4.93. The fourth-order valence-electron chi connectivity index (χ4n) is 1.48. The third-order valence-electron chi connectivity index (χ3n) is 2.41. The number of amides is 1. The summed E-state index contributed by atoms with van der Waals surface area (Å²) < 4.78 is 31.8. The molecule has 0 saturated heterocycles. The molecule has 19 heavy (non-hydrogen) atoms. The van der Waals surface area contributed by atoms with Crippen LogP contribution >= 0.6 is 0 Å². The fourth-order valence-corrected chi connectivity index (χ4v) is 1.48. The quantitative estimate of drug-likeness (QED) is 0.836. The maximum absolute atomic E-state index is 13.5. The van der Waals surface area contributed by atoms with Gasteiger partial charge in [0, 0.05) is 12.1 Å². The van der Waals surface area contributed by atoms with Gasteiger partial charge in [-0.3, -0.25) is 4.79 Å². The van der Waals surface area contributed by atoms with E-state index in [-0.39, 0.29) is 22.7 Å². The van der Waals surface area contributed by atoms with Crippen molar-refractivity contribution in [3.63, 3.8) is 0 Å². The summed E-state index contributed by atoms with van der Waals surface area (Å²) in [7, 11) is 0. The SMILES string of the molecule is NC(=O)c1ccc(Oc2cc(F)ccc2N)cc1F. The fraction of sp³-hybridized carbons (Fsp3) is 0. The molecule has 0 aliphatic rings. The summed E-state index contributed by atoms with van der Waals surface area (Å²) in [4.78, 5) is 10.9. The van der Waals surface area contributed by atoms with E-state index in [1.54, 1.807) is 0 Å². The van der Waals surface area contributed by atoms with E-state index in [2.05, 4.69) is 0 Å². The van der Waals surface area contributed by atoms with Crippen molar-refractivity contribution in [1.29, 1.82) is 0 Å². The summed E-state index contributed by atoms with van der Waals surface area (Å²) in [6.45, 7) is 0. The Morgan fingerprint density at radius 3 is 2.47 bits per heavy atom. The molecule has 0 unspecified atom stereocenters. The summed E-state index contributed by atoms with van der Waals surface area (Å²) in [5.74, 6) is -2.08. The number of carbonyl (C=O) groups is 1. The monoisotopic (exact) mass is 264 g/mol. The van der Waals surface area contributed by atoms with Gasteiger partial charge < -0.3 is 16.2 Å². The smallest absolute Gasteiger partial charge is 0.251 e. The Kier molecular flexibility index (Phi) is 3.33. The lowest BCUT2D eigenvalue weighted by Gasteiger charge is -2.09. The van der Waals surface area contributed by atoms with E-state index < -0.39 is 17.5 Å². The molecule has 0 spiro atoms. The largest absolute Gasteiger partial charge is 0.455 e. The minimum absolute atomic E-state index is 0.0613. The average Bonchev–Trinajstić information content (AvgIpc) is 2.33. The molecule has 4 nitrogen and oxygen atoms in total. The third-order valence-corrected chi connectivity index (χ3v) is 2.41. The number of halogens is 2. The Bertz CT molecular complexity index is 645. The molecule has 0 fully saturated rings. The number of anilines is 1. The van der Waals surface area contributed by atoms with Crippen LogP contribution in [0.5, 0.6) is 11.5 Å². The second-order valence-electron chi connectivity index (χ2n) is 3.79. The first-order chi connectivity index (χ1) is 8.97. The van der Waals surface area contributed by atoms with E-state index >= 15 is 0 Å². The van der Waals surface area contributed by atoms with Crippen LogP contribution in [0, 0.1) is 11.6 Å². The van der Waals surface area contributed by atoms with E-state index in [1.807, 2.05) is 0 Å². The van der Waals surface area contributed by atoms with Crippen molar-refractivity contribution in [2.24, 2.45) is 5.73 Å². The van der Waals surface area contributed by atoms with Crippen molar-refractivity contribution >= 4 is 11.6 Å². The molecule has 6 heteroatoms. The second-order valence-corrected chi connectivity index (χ2v) is 3.79. The lowest BCUT2D eigenvalue weighted by molar-refractivity contribution is 0.0996. The third kappa shape index (κ3) is 2.79. The number of rotatable bonds is 3. The van der Waals surface area contributed by atoms with E-state index in [9.17, 15) is 13.6 Å². The van der Waals surface area contributed by atoms with E-state index in [0.717, 1.165) is 12.1 Å². The van der Waals surface area contributed by atoms with Gasteiger partial charge in [-0.1, -0.05) is 0 Å². The summed E-state index contributed by atoms with van der Waals surface area (Å²) in [5, 5.41) is 0. The van der Waals surface area contributed by atoms with Gasteiger partial charge in [0.15, 0.2) is 5.75 Å². The summed E-state index contributed by atoms with van der Waals surface area (Å²) in [6, 6.07) is 7.09. The van der Waals surface area contributed by atoms with Gasteiger partial charge in [-0.25, -0.2) is 8.78 Å². The standard InChI is InChI=1S/C13H10F2N2O2/c14-7-1-4-11(16)12(5-7)19-8-2-3-9(13(17)18)10(15)6-8/h1-6H,16H2,(H2,17,18). The number of hydrogen-bond acceptors (Lipinski definition) is 3. The van der Waals surface area contributed by atoms with Crippen LogP contribution in [-0.2, 0) is 0 Å². The van der Waals surface area contributed by atoms with Crippen molar-refractivity contribution in [2.45, 2.75) is 0 Å². The van der Waals surface area contributed by atoms with Crippen LogP contribution in [0.1, 0.15) is 10.4 Å². The summed E-state index contributed by atoms with van der Waals surface area (Å²) >= 11 is 0. The van der Waals surface area contributed by atoms with Crippen molar-refractivity contribution in [3.8, 4) is 11.5 Å². The molecule has 0 aliphatic heterocycles. The molecule has 0 aromatic heterocycles. The van der Waals surface area contributed by atoms with Crippen molar-refractivity contribution in [3.05, 3.63) is 53.6 Å². The van der Waals surface area contributed by atoms with Crippen molar-refractivity contribution in [2.75, 3.05) is 5.73 Å². The molecule has 0 aliphatic carbocycles. The number of ether oxygens (including phenoxy) is 1. The van der Waals surface area contributed by atoms with Gasteiger partial charge in [0.2, 0.25) is 0 Å². The number of carbonyl (C=O) groups excluding carboxylic acids is 1. The van der Waals surface area contributed by atoms with Crippen LogP contribution in [0.2, 0.25) is 0 Å². The normalized spacial score (nSPS) is 10.2. The number of nitrogens with two attached hydrogens (primary N) is 2. The molecule has 0 radical (unpaired) electrons. The predicted molar refractivity (Wildman–Crippen MR) is 65.8 cm³/mol. The highest BCUT2D eigenvalue weighted by molar-refractivity contribution is 5.93. The molecular formula is C13H10F2N2O2. The zero-order valence-electron chi connectivity index (χ0n) is 9.69. The van der Waals surface area contributed by atoms with Gasteiger partial charge in [0.1, 0.15) is 17.4 Å². The number of hydrogen-bond donors (Lipinski definition) is 2. The van der Waals surface area contributed by atoms with Gasteiger partial charge in [-0.05, 0) is 24.3 Å². The van der Waals surface area contributed by atoms with E-state index in [4.69, 9.17) is 16.2 Å². The molecule has 4 N–H and O–H groups in total. The van der Waals surface area contributed by atoms with Crippen LogP contribution < -0.4 is 16.2 Å². The Morgan fingerprint density at radius 2 is 1.84 bits per heavy atom. The van der Waals surface area contributed by atoms with Gasteiger partial charge in [-0.15, -0.1) is 0 Å². The zero-order valence-corrected chi connectivity index (χ0v) is 9.69. The van der Waals surface area contributed by atoms with Crippen LogP contribution in [0.15, 0.2) is 36.4 Å². The molecule has 2 aromatic carbocycles. The minimum atomic E-state index is -0.880. The highest BCUT2D eigenvalue weighted by atomic mass is 19.1. The average molecular weight is 264 g/mol. The highest BCUT2D eigenvalue weighted by Crippen LogP contribution is 2.28. The Balaban J connectivity index is 2.31. The van der Waals surface area contributed by atoms with Gasteiger partial charge in [0.25, 0.3) is 5.91 Å². The Morgan fingerprint density at radius 1 is 1.11 bits per heavy atom. The minimum Gasteiger partial charge on any atom is -0.455 e. The van der Waals surface area contributed by atoms with Crippen LogP contribution in [0.25, 0.3) is 0 Å². The van der Waals surface area contributed by atoms with Crippen LogP contribution in [0.4, 0.5) is 14.5 Å². The van der Waals surface area contributed by atoms with Crippen molar-refractivity contribution < 1.29 is 18.3 Å². The topological polar surface area (TPSA) is 78.3 Å². The molecule has 2 aromatic rings. The molecule has 2 rings (SSSR count). The van der Waals surface area contributed by atoms with Crippen LogP contribution in [0.3, 0.4) is 0 Å². The Hall–Kier alpha value is -2.63. The first kappa shape index (κ1) is 12.8. The molecule has 98 valence electrons. The lowest BCUT2D eigenvalue weighted by atomic mass is 10.2. The van der Waals surface area contributed by atoms with Crippen LogP contribution in [-0.4, -0.2) is 5.91 Å².